The first-order valence-corrected chi connectivity index (χ1v) is 41.1. The highest BCUT2D eigenvalue weighted by Gasteiger charge is 2.53. The van der Waals surface area contributed by atoms with Crippen molar-refractivity contribution in [3.63, 3.8) is 0 Å². The number of urea groups is 1. The molecule has 0 saturated carbocycles. The third-order valence-corrected chi connectivity index (χ3v) is 22.7. The van der Waals surface area contributed by atoms with E-state index in [2.05, 4.69) is 62.9 Å². The fourth-order valence-corrected chi connectivity index (χ4v) is 16.0. The lowest BCUT2D eigenvalue weighted by molar-refractivity contribution is -0.334. The van der Waals surface area contributed by atoms with E-state index < -0.39 is 284 Å². The highest BCUT2D eigenvalue weighted by Crippen LogP contribution is 2.50. The van der Waals surface area contributed by atoms with Gasteiger partial charge < -0.3 is 138 Å². The van der Waals surface area contributed by atoms with Gasteiger partial charge in [-0.15, -0.1) is 13.2 Å². The number of carbonyl (C=O) groups is 10. The van der Waals surface area contributed by atoms with E-state index in [1.54, 1.807) is 25.8 Å². The van der Waals surface area contributed by atoms with Crippen molar-refractivity contribution >= 4 is 88.1 Å². The minimum atomic E-state index is -4.91. The molecular formula is C82H96Cl2F3N15O27. The summed E-state index contributed by atoms with van der Waals surface area (Å²) < 4.78 is 81.6. The number of aliphatic hydroxyl groups excluding tert-OH is 6. The monoisotopic (exact) mass is 1850 g/mol. The number of aromatic hydroxyl groups is 3. The van der Waals surface area contributed by atoms with Gasteiger partial charge in [-0.1, -0.05) is 55.2 Å². The number of hydrazine groups is 1. The van der Waals surface area contributed by atoms with Gasteiger partial charge in [-0.05, 0) is 140 Å². The summed E-state index contributed by atoms with van der Waals surface area (Å²) in [5.74, 6) is -17.8. The predicted octanol–water partition coefficient (Wildman–Crippen LogP) is 0.438. The summed E-state index contributed by atoms with van der Waals surface area (Å²) in [6.07, 6.45) is -24.3. The lowest BCUT2D eigenvalue weighted by atomic mass is 9.85. The Kier molecular flexibility index (Phi) is 30.5. The van der Waals surface area contributed by atoms with Crippen molar-refractivity contribution < 1.29 is 145 Å². The van der Waals surface area contributed by atoms with E-state index in [9.17, 15) is 83.1 Å². The van der Waals surface area contributed by atoms with Crippen molar-refractivity contribution in [2.24, 2.45) is 17.4 Å². The molecule has 3 saturated heterocycles. The summed E-state index contributed by atoms with van der Waals surface area (Å²) in [5.41, 5.74) is 11.5. The van der Waals surface area contributed by atoms with Crippen molar-refractivity contribution in [3.8, 4) is 62.9 Å². The zero-order valence-corrected chi connectivity index (χ0v) is 70.8. The smallest absolute Gasteiger partial charge is 0.508 e. The molecule has 0 aliphatic carbocycles. The van der Waals surface area contributed by atoms with Crippen LogP contribution in [0.1, 0.15) is 105 Å². The van der Waals surface area contributed by atoms with E-state index in [4.69, 9.17) is 67.9 Å². The van der Waals surface area contributed by atoms with Crippen LogP contribution >= 0.6 is 23.2 Å². The summed E-state index contributed by atoms with van der Waals surface area (Å²) in [6, 6.07) is 2.67. The Morgan fingerprint density at radius 1 is 0.698 bits per heavy atom. The molecule has 129 heavy (non-hydrogen) atoms. The van der Waals surface area contributed by atoms with Gasteiger partial charge in [0.05, 0.1) is 41.3 Å². The number of benzene rings is 6. The number of halogens is 5. The number of nitrogens with two attached hydrogens (primary N) is 2. The quantitative estimate of drug-likeness (QED) is 0.0387. The molecule has 42 nitrogen and oxygen atoms in total. The number of ether oxygens (including phenoxy) is 7. The maximum absolute atomic E-state index is 16.3. The Bertz CT molecular complexity index is 5200. The van der Waals surface area contributed by atoms with Crippen LogP contribution in [0.25, 0.3) is 11.1 Å². The minimum absolute atomic E-state index is 0.135. The van der Waals surface area contributed by atoms with Crippen LogP contribution in [0, 0.1) is 5.92 Å². The number of primary amides is 2. The van der Waals surface area contributed by atoms with Crippen molar-refractivity contribution in [1.29, 1.82) is 0 Å². The summed E-state index contributed by atoms with van der Waals surface area (Å²) >= 11 is 14.4. The second-order valence-electron chi connectivity index (χ2n) is 31.9. The van der Waals surface area contributed by atoms with Crippen LogP contribution in [-0.4, -0.2) is 260 Å². The number of hydroxylamine groups is 1. The molecule has 8 heterocycles. The van der Waals surface area contributed by atoms with E-state index >= 15 is 24.0 Å². The second-order valence-corrected chi connectivity index (χ2v) is 32.7. The first-order valence-electron chi connectivity index (χ1n) is 40.4. The van der Waals surface area contributed by atoms with Crippen molar-refractivity contribution in [3.05, 3.63) is 141 Å². The fraction of sp³-hybridized carbons (Fsp3) is 0.439. The second kappa shape index (κ2) is 40.9. The number of carbonyl (C=O) groups excluding carboxylic acids is 10. The SMILES string of the molecule is CNC(CC(C)C)C(=O)NC1C(=O)NC(CC(N)=O)C(=O)NC2C(=O)NC3C(=O)NC(C(=O)NC(C(=O)NOCC(N)=O)c4cc(O)cc(O)c4-c4cc3ccc4O)C(O)c3ccc(c(Cl)c3)Oc3cc2cc(c3OC2OC(CO)C(O)C(O)C2OC2CC(C)(NCCN3CCN(NC(=O)Nc4ccc(OC(F)(F)F)cc4)CC3)C(O)C(C)O2)Oc2ccc(cc2Cl)C1O. The molecule has 0 radical (unpaired) electrons. The van der Waals surface area contributed by atoms with Gasteiger partial charge in [0.1, 0.15) is 101 Å². The number of phenolic OH excluding ortho intramolecular Hbond substituents is 3. The first kappa shape index (κ1) is 96.3. The number of alkyl halides is 3. The number of amides is 11. The largest absolute Gasteiger partial charge is 0.573 e. The molecule has 18 atom stereocenters. The molecule has 24 N–H and O–H groups in total. The average molecular weight is 1850 g/mol. The van der Waals surface area contributed by atoms with E-state index in [-0.39, 0.29) is 42.1 Å². The molecule has 696 valence electrons. The van der Waals surface area contributed by atoms with Crippen molar-refractivity contribution in [2.75, 3.05) is 64.8 Å². The van der Waals surface area contributed by atoms with Crippen LogP contribution < -0.4 is 89.2 Å². The Balaban J connectivity index is 0.962. The Morgan fingerprint density at radius 2 is 1.33 bits per heavy atom. The summed E-state index contributed by atoms with van der Waals surface area (Å²) in [7, 11) is 1.46. The van der Waals surface area contributed by atoms with Crippen LogP contribution in [0.4, 0.5) is 23.7 Å². The number of fused-ring (bicyclic) bond motifs is 15. The van der Waals surface area contributed by atoms with Crippen LogP contribution in [0.2, 0.25) is 10.0 Å². The number of anilines is 1. The summed E-state index contributed by atoms with van der Waals surface area (Å²) in [6.45, 7) is 6.89. The molecule has 6 aromatic rings. The average Bonchev–Trinajstić information content (AvgIpc) is 0.750. The number of hydrogen-bond acceptors (Lipinski definition) is 31. The topological polar surface area (TPSA) is 617 Å². The van der Waals surface area contributed by atoms with Gasteiger partial charge in [0.15, 0.2) is 30.5 Å². The molecule has 14 rings (SSSR count). The third kappa shape index (κ3) is 23.1. The molecule has 0 aromatic heterocycles. The molecule has 8 aliphatic heterocycles. The zero-order chi connectivity index (χ0) is 93.5. The highest BCUT2D eigenvalue weighted by molar-refractivity contribution is 6.32. The number of hydrogen-bond donors (Lipinski definition) is 22. The molecule has 3 fully saturated rings. The maximum Gasteiger partial charge on any atom is 0.573 e. The van der Waals surface area contributed by atoms with Crippen LogP contribution in [0.5, 0.6) is 51.7 Å². The molecular weight excluding hydrogens is 1750 g/mol. The van der Waals surface area contributed by atoms with Crippen molar-refractivity contribution in [1.82, 2.24) is 63.3 Å². The van der Waals surface area contributed by atoms with E-state index in [0.717, 1.165) is 78.9 Å². The van der Waals surface area contributed by atoms with Gasteiger partial charge in [-0.2, -0.15) is 0 Å². The number of nitrogens with one attached hydrogen (secondary N) is 11. The molecule has 11 bridgehead atoms. The minimum Gasteiger partial charge on any atom is -0.508 e. The van der Waals surface area contributed by atoms with Gasteiger partial charge in [-0.3, -0.25) is 58.3 Å². The highest BCUT2D eigenvalue weighted by atomic mass is 35.5. The standard InChI is InChI=1S/C82H96Cl2F3N15O27/c1-34(2)22-47(90-5)72(114)97-63-65(109)37-7-14-51(45(83)24-37)124-53-26-39-27-54(69(53)128-79-70(68(112)67(111)55(32-103)126-79)127-58-31-81(4,71(113)35(3)123-58)91-16-17-101-18-20-102(21-19-101)99-80(121)92-40-9-11-42(12-10-40)129-82(85,86)87)125-52-15-8-38(25-46(52)84)66(110)64-77(119)96-62(78(120)100-122-33-57(89)108)44-28-41(104)29-50(106)59(44)43-23-36(6-13-49(43)105)60(74(116)98-64)95-75(117)61(39)94-73(115)48(30-56(88)107)93-76(63)118/h6-15,23-29,34-35,47-48,55,58,60-68,70-71,79,90-91,103-106,109-113H,16-22,30-33H2,1-5H3,(H2,88,107)(H2,89,108)(H,93,118)(H,94,115)(H,95,117)(H,96,119)(H,97,114)(H,98,116)(H,100,120)(H2,92,99,121). The van der Waals surface area contributed by atoms with Gasteiger partial charge in [0.2, 0.25) is 59.3 Å². The number of phenols is 3. The molecule has 47 heteroatoms. The van der Waals surface area contributed by atoms with E-state index in [0.29, 0.717) is 32.7 Å². The Morgan fingerprint density at radius 3 is 1.94 bits per heavy atom. The first-order chi connectivity index (χ1) is 61.0. The van der Waals surface area contributed by atoms with Crippen molar-refractivity contribution in [2.45, 2.75) is 163 Å². The molecule has 0 spiro atoms. The molecule has 6 aromatic carbocycles. The van der Waals surface area contributed by atoms with Crippen LogP contribution in [0.3, 0.4) is 0 Å². The van der Waals surface area contributed by atoms with E-state index in [1.165, 1.54) is 38.2 Å². The number of rotatable bonds is 23. The number of likely N-dealkylation sites (N-methyl/N-ethyl adjacent to an activating group) is 1. The van der Waals surface area contributed by atoms with Gasteiger partial charge in [0, 0.05) is 74.1 Å². The normalized spacial score (nSPS) is 26.6. The summed E-state index contributed by atoms with van der Waals surface area (Å²) in [5, 5.41) is 131. The van der Waals surface area contributed by atoms with E-state index in [1.807, 2.05) is 5.48 Å². The number of aliphatic hydroxyl groups is 6. The predicted molar refractivity (Wildman–Crippen MR) is 442 cm³/mol. The molecule has 8 aliphatic rings. The van der Waals surface area contributed by atoms with Crippen LogP contribution in [0.15, 0.2) is 103 Å². The van der Waals surface area contributed by atoms with Gasteiger partial charge in [0.25, 0.3) is 5.91 Å². The Hall–Kier alpha value is -11.8. The molecule has 11 amide bonds. The Labute approximate surface area is 741 Å². The summed E-state index contributed by atoms with van der Waals surface area (Å²) in [4.78, 5) is 152. The maximum atomic E-state index is 16.3. The lowest BCUT2D eigenvalue weighted by Crippen LogP contribution is -2.66. The third-order valence-electron chi connectivity index (χ3n) is 22.1. The molecule has 18 unspecified atom stereocenters. The lowest BCUT2D eigenvalue weighted by Gasteiger charge is -2.48. The zero-order valence-electron chi connectivity index (χ0n) is 69.3. The number of piperazine rings is 1. The van der Waals surface area contributed by atoms with Gasteiger partial charge >= 0.3 is 12.4 Å². The fourth-order valence-electron chi connectivity index (χ4n) is 15.5. The van der Waals surface area contributed by atoms with Gasteiger partial charge in [-0.25, -0.2) is 15.3 Å². The van der Waals surface area contributed by atoms with Crippen LogP contribution in [-0.2, 0) is 62.2 Å². The number of nitrogens with zero attached hydrogens (tertiary/aromatic N) is 2.